The molecule has 0 saturated carbocycles. The molecule has 5 heteroatoms. The Labute approximate surface area is 179 Å². The van der Waals surface area contributed by atoms with Crippen LogP contribution in [-0.4, -0.2) is 38.0 Å². The van der Waals surface area contributed by atoms with Gasteiger partial charge in [-0.3, -0.25) is 9.00 Å². The average Bonchev–Trinajstić information content (AvgIpc) is 2.73. The molecule has 3 unspecified atom stereocenters. The molecule has 1 aliphatic heterocycles. The van der Waals surface area contributed by atoms with Gasteiger partial charge in [0.1, 0.15) is 5.69 Å². The Morgan fingerprint density at radius 3 is 2.47 bits per heavy atom. The maximum Gasteiger partial charge on any atom is 0.272 e. The van der Waals surface area contributed by atoms with Crippen LogP contribution in [0, 0.1) is 0 Å². The molecule has 0 aliphatic carbocycles. The third kappa shape index (κ3) is 3.99. The molecule has 3 atom stereocenters. The van der Waals surface area contributed by atoms with E-state index >= 15 is 0 Å². The molecule has 4 rings (SSSR count). The standard InChI is InChI=1S/C25H28N2O2S/c1-18-9-6-10-19(2)27(18)25(28)23-15-8-13-21(26-23)17-30(3,29)24-16-7-12-20-11-4-5-14-22(20)24/h4-5,7-8,11-16,18-19H,3,6,9-10,17H2,1-2H3. The number of likely N-dealkylation sites (tertiary alicyclic amines) is 1. The fourth-order valence-electron chi connectivity index (χ4n) is 4.47. The Bertz CT molecular complexity index is 1170. The molecule has 4 nitrogen and oxygen atoms in total. The second kappa shape index (κ2) is 8.23. The number of benzene rings is 2. The number of fused-ring (bicyclic) bond motifs is 1. The van der Waals surface area contributed by atoms with Crippen molar-refractivity contribution >= 4 is 32.1 Å². The lowest BCUT2D eigenvalue weighted by Crippen LogP contribution is -2.47. The van der Waals surface area contributed by atoms with E-state index in [0.29, 0.717) is 11.4 Å². The number of carbonyl (C=O) groups is 1. The van der Waals surface area contributed by atoms with E-state index in [1.165, 1.54) is 0 Å². The third-order valence-electron chi connectivity index (χ3n) is 5.99. The Balaban J connectivity index is 1.63. The third-order valence-corrected chi connectivity index (χ3v) is 7.91. The Hall–Kier alpha value is -2.66. The van der Waals surface area contributed by atoms with Crippen molar-refractivity contribution in [2.45, 2.75) is 55.8 Å². The zero-order valence-electron chi connectivity index (χ0n) is 17.6. The predicted molar refractivity (Wildman–Crippen MR) is 124 cm³/mol. The molecule has 1 aliphatic rings. The van der Waals surface area contributed by atoms with Crippen LogP contribution >= 0.6 is 0 Å². The molecule has 1 aromatic heterocycles. The summed E-state index contributed by atoms with van der Waals surface area (Å²) in [5.41, 5.74) is 1.05. The van der Waals surface area contributed by atoms with Crippen molar-refractivity contribution in [2.24, 2.45) is 0 Å². The van der Waals surface area contributed by atoms with Gasteiger partial charge < -0.3 is 4.90 Å². The van der Waals surface area contributed by atoms with Crippen LogP contribution < -0.4 is 0 Å². The lowest BCUT2D eigenvalue weighted by molar-refractivity contribution is 0.0504. The first-order chi connectivity index (χ1) is 14.4. The molecule has 1 fully saturated rings. The van der Waals surface area contributed by atoms with Crippen molar-refractivity contribution in [3.05, 3.63) is 72.1 Å². The van der Waals surface area contributed by atoms with Crippen LogP contribution in [0.5, 0.6) is 0 Å². The minimum absolute atomic E-state index is 0.0442. The molecule has 2 heterocycles. The summed E-state index contributed by atoms with van der Waals surface area (Å²) in [6, 6.07) is 19.5. The maximum atomic E-state index is 13.6. The number of hydrogen-bond donors (Lipinski definition) is 0. The van der Waals surface area contributed by atoms with Gasteiger partial charge in [-0.15, -0.1) is 0 Å². The van der Waals surface area contributed by atoms with Crippen molar-refractivity contribution < 1.29 is 9.00 Å². The summed E-state index contributed by atoms with van der Waals surface area (Å²) in [5, 5.41) is 1.99. The number of nitrogens with zero attached hydrogens (tertiary/aromatic N) is 2. The number of hydrogen-bond acceptors (Lipinski definition) is 3. The van der Waals surface area contributed by atoms with E-state index in [2.05, 4.69) is 24.7 Å². The van der Waals surface area contributed by atoms with Gasteiger partial charge in [0.15, 0.2) is 0 Å². The topological polar surface area (TPSA) is 50.3 Å². The predicted octanol–water partition coefficient (Wildman–Crippen LogP) is 4.91. The molecule has 156 valence electrons. The molecular weight excluding hydrogens is 392 g/mol. The van der Waals surface area contributed by atoms with Crippen LogP contribution in [0.1, 0.15) is 49.3 Å². The average molecular weight is 421 g/mol. The molecule has 3 aromatic rings. The van der Waals surface area contributed by atoms with Crippen LogP contribution in [0.15, 0.2) is 65.6 Å². The summed E-state index contributed by atoms with van der Waals surface area (Å²) in [5.74, 6) is 4.22. The van der Waals surface area contributed by atoms with E-state index in [-0.39, 0.29) is 23.7 Å². The number of piperidine rings is 1. The van der Waals surface area contributed by atoms with Gasteiger partial charge in [-0.2, -0.15) is 0 Å². The summed E-state index contributed by atoms with van der Waals surface area (Å²) in [6.07, 6.45) is 3.18. The zero-order valence-corrected chi connectivity index (χ0v) is 18.4. The quantitative estimate of drug-likeness (QED) is 0.563. The van der Waals surface area contributed by atoms with Gasteiger partial charge in [-0.05, 0) is 68.0 Å². The minimum atomic E-state index is -2.62. The van der Waals surface area contributed by atoms with Gasteiger partial charge in [0.25, 0.3) is 5.91 Å². The Kier molecular flexibility index (Phi) is 5.65. The molecule has 2 aromatic carbocycles. The summed E-state index contributed by atoms with van der Waals surface area (Å²) < 4.78 is 13.6. The van der Waals surface area contributed by atoms with E-state index < -0.39 is 9.52 Å². The van der Waals surface area contributed by atoms with Gasteiger partial charge in [0, 0.05) is 26.5 Å². The van der Waals surface area contributed by atoms with Crippen molar-refractivity contribution in [3.8, 4) is 0 Å². The van der Waals surface area contributed by atoms with E-state index in [1.807, 2.05) is 59.5 Å². The van der Waals surface area contributed by atoms with E-state index in [1.54, 1.807) is 6.07 Å². The number of carbonyl (C=O) groups excluding carboxylic acids is 1. The van der Waals surface area contributed by atoms with Crippen LogP contribution in [0.2, 0.25) is 0 Å². The fraction of sp³-hybridized carbons (Fsp3) is 0.320. The Morgan fingerprint density at radius 2 is 1.70 bits per heavy atom. The second-order valence-corrected chi connectivity index (χ2v) is 10.6. The fourth-order valence-corrected chi connectivity index (χ4v) is 6.18. The highest BCUT2D eigenvalue weighted by Gasteiger charge is 2.30. The van der Waals surface area contributed by atoms with Crippen molar-refractivity contribution in [1.82, 2.24) is 9.88 Å². The highest BCUT2D eigenvalue weighted by molar-refractivity contribution is 7.99. The molecule has 0 N–H and O–H groups in total. The zero-order chi connectivity index (χ0) is 21.3. The lowest BCUT2D eigenvalue weighted by Gasteiger charge is -2.38. The first-order valence-corrected chi connectivity index (χ1v) is 12.4. The van der Waals surface area contributed by atoms with Gasteiger partial charge in [-0.1, -0.05) is 42.5 Å². The van der Waals surface area contributed by atoms with Crippen LogP contribution in [0.4, 0.5) is 0 Å². The maximum absolute atomic E-state index is 13.6. The lowest BCUT2D eigenvalue weighted by atomic mass is 9.97. The largest absolute Gasteiger partial charge is 0.332 e. The van der Waals surface area contributed by atoms with Crippen LogP contribution in [0.25, 0.3) is 10.8 Å². The van der Waals surface area contributed by atoms with Gasteiger partial charge >= 0.3 is 0 Å². The molecule has 1 amide bonds. The smallest absolute Gasteiger partial charge is 0.272 e. The number of rotatable bonds is 4. The highest BCUT2D eigenvalue weighted by Crippen LogP contribution is 2.27. The van der Waals surface area contributed by atoms with Crippen molar-refractivity contribution in [1.29, 1.82) is 0 Å². The van der Waals surface area contributed by atoms with Crippen LogP contribution in [0.3, 0.4) is 0 Å². The summed E-state index contributed by atoms with van der Waals surface area (Å²) in [6.45, 7) is 4.20. The van der Waals surface area contributed by atoms with Gasteiger partial charge in [0.2, 0.25) is 0 Å². The first kappa shape index (κ1) is 20.6. The van der Waals surface area contributed by atoms with Crippen molar-refractivity contribution in [3.63, 3.8) is 0 Å². The SMILES string of the molecule is C=S(=O)(Cc1cccc(C(=O)N2C(C)CCCC2C)n1)c1cccc2ccccc12. The number of aromatic nitrogens is 1. The summed E-state index contributed by atoms with van der Waals surface area (Å²) in [7, 11) is -2.62. The molecule has 1 saturated heterocycles. The molecule has 0 bridgehead atoms. The molecular formula is C25H28N2O2S. The minimum Gasteiger partial charge on any atom is -0.332 e. The van der Waals surface area contributed by atoms with Crippen molar-refractivity contribution in [2.75, 3.05) is 0 Å². The monoisotopic (exact) mass is 420 g/mol. The molecule has 30 heavy (non-hydrogen) atoms. The van der Waals surface area contributed by atoms with E-state index in [0.717, 1.165) is 34.9 Å². The summed E-state index contributed by atoms with van der Waals surface area (Å²) in [4.78, 5) is 20.4. The highest BCUT2D eigenvalue weighted by atomic mass is 32.2. The van der Waals surface area contributed by atoms with E-state index in [4.69, 9.17) is 0 Å². The Morgan fingerprint density at radius 1 is 1.03 bits per heavy atom. The number of pyridine rings is 1. The van der Waals surface area contributed by atoms with Gasteiger partial charge in [0.05, 0.1) is 11.4 Å². The number of amides is 1. The normalized spacial score (nSPS) is 21.3. The molecule has 0 spiro atoms. The van der Waals surface area contributed by atoms with E-state index in [9.17, 15) is 9.00 Å². The summed E-state index contributed by atoms with van der Waals surface area (Å²) >= 11 is 0. The molecule has 0 radical (unpaired) electrons. The van der Waals surface area contributed by atoms with Crippen LogP contribution in [-0.2, 0) is 15.3 Å². The van der Waals surface area contributed by atoms with Gasteiger partial charge in [-0.25, -0.2) is 4.98 Å². The first-order valence-electron chi connectivity index (χ1n) is 10.5. The second-order valence-electron chi connectivity index (χ2n) is 8.29.